The highest BCUT2D eigenvalue weighted by atomic mass is 16.5. The van der Waals surface area contributed by atoms with Gasteiger partial charge in [0.2, 0.25) is 5.76 Å². The fourth-order valence-electron chi connectivity index (χ4n) is 1.41. The Morgan fingerprint density at radius 3 is 2.72 bits per heavy atom. The highest BCUT2D eigenvalue weighted by molar-refractivity contribution is 6.03. The number of hydrogen-bond acceptors (Lipinski definition) is 4. The van der Waals surface area contributed by atoms with E-state index in [1.165, 1.54) is 24.4 Å². The number of carboxylic acid groups (broad SMARTS) is 1. The van der Waals surface area contributed by atoms with E-state index < -0.39 is 11.9 Å². The van der Waals surface area contributed by atoms with Crippen molar-refractivity contribution in [2.45, 2.75) is 6.92 Å². The number of aromatic nitrogens is 1. The molecule has 1 amide bonds. The number of benzene rings is 1. The summed E-state index contributed by atoms with van der Waals surface area (Å²) in [5, 5.41) is 14.9. The van der Waals surface area contributed by atoms with Gasteiger partial charge in [0.25, 0.3) is 5.91 Å². The molecular weight excluding hydrogens is 236 g/mol. The number of carbonyl (C=O) groups is 2. The number of amides is 1. The number of hydrogen-bond donors (Lipinski definition) is 2. The summed E-state index contributed by atoms with van der Waals surface area (Å²) in [5.41, 5.74) is 1.29. The number of anilines is 1. The summed E-state index contributed by atoms with van der Waals surface area (Å²) < 4.78 is 4.71. The molecule has 0 aliphatic carbocycles. The summed E-state index contributed by atoms with van der Waals surface area (Å²) in [4.78, 5) is 22.6. The molecule has 6 nitrogen and oxygen atoms in total. The van der Waals surface area contributed by atoms with Crippen molar-refractivity contribution in [2.75, 3.05) is 5.32 Å². The molecule has 2 rings (SSSR count). The largest absolute Gasteiger partial charge is 0.478 e. The predicted molar refractivity (Wildman–Crippen MR) is 62.6 cm³/mol. The van der Waals surface area contributed by atoms with Crippen LogP contribution in [0, 0.1) is 6.92 Å². The molecule has 0 saturated carbocycles. The molecule has 0 atom stereocenters. The predicted octanol–water partition coefficient (Wildman–Crippen LogP) is 1.93. The first-order valence-electron chi connectivity index (χ1n) is 5.14. The first kappa shape index (κ1) is 11.8. The van der Waals surface area contributed by atoms with Crippen LogP contribution in [0.5, 0.6) is 0 Å². The van der Waals surface area contributed by atoms with E-state index in [1.807, 2.05) is 0 Å². The SMILES string of the molecule is Cc1ccc(C(=O)O)cc1NC(=O)c1ccno1. The molecule has 92 valence electrons. The maximum Gasteiger partial charge on any atom is 0.335 e. The molecule has 1 aromatic heterocycles. The van der Waals surface area contributed by atoms with Gasteiger partial charge in [-0.1, -0.05) is 11.2 Å². The number of carboxylic acids is 1. The number of carbonyl (C=O) groups excluding carboxylic acids is 1. The van der Waals surface area contributed by atoms with Crippen molar-refractivity contribution < 1.29 is 19.2 Å². The molecule has 1 heterocycles. The highest BCUT2D eigenvalue weighted by Crippen LogP contribution is 2.18. The Morgan fingerprint density at radius 1 is 1.33 bits per heavy atom. The second kappa shape index (κ2) is 4.70. The first-order chi connectivity index (χ1) is 8.58. The van der Waals surface area contributed by atoms with Gasteiger partial charge in [0.05, 0.1) is 11.8 Å². The standard InChI is InChI=1S/C12H10N2O4/c1-7-2-3-8(12(16)17)6-9(7)14-11(15)10-4-5-13-18-10/h2-6H,1H3,(H,14,15)(H,16,17). The van der Waals surface area contributed by atoms with Crippen molar-refractivity contribution in [3.63, 3.8) is 0 Å². The van der Waals surface area contributed by atoms with Gasteiger partial charge >= 0.3 is 5.97 Å². The van der Waals surface area contributed by atoms with Crippen molar-refractivity contribution in [1.82, 2.24) is 5.16 Å². The van der Waals surface area contributed by atoms with E-state index >= 15 is 0 Å². The maximum absolute atomic E-state index is 11.7. The number of aromatic carboxylic acids is 1. The molecule has 0 unspecified atom stereocenters. The van der Waals surface area contributed by atoms with E-state index in [0.29, 0.717) is 5.69 Å². The van der Waals surface area contributed by atoms with Crippen LogP contribution in [-0.4, -0.2) is 22.1 Å². The molecule has 2 N–H and O–H groups in total. The number of nitrogens with zero attached hydrogens (tertiary/aromatic N) is 1. The number of nitrogens with one attached hydrogen (secondary N) is 1. The molecule has 0 aliphatic rings. The van der Waals surface area contributed by atoms with Crippen LogP contribution in [0.15, 0.2) is 35.0 Å². The molecule has 1 aromatic carbocycles. The molecule has 0 radical (unpaired) electrons. The van der Waals surface area contributed by atoms with Crippen molar-refractivity contribution in [1.29, 1.82) is 0 Å². The van der Waals surface area contributed by atoms with Gasteiger partial charge in [-0.15, -0.1) is 0 Å². The first-order valence-corrected chi connectivity index (χ1v) is 5.14. The fraction of sp³-hybridized carbons (Fsp3) is 0.0833. The lowest BCUT2D eigenvalue weighted by Crippen LogP contribution is -2.12. The summed E-state index contributed by atoms with van der Waals surface area (Å²) in [6, 6.07) is 5.92. The fourth-order valence-corrected chi connectivity index (χ4v) is 1.41. The van der Waals surface area contributed by atoms with E-state index in [1.54, 1.807) is 13.0 Å². The summed E-state index contributed by atoms with van der Waals surface area (Å²) in [5.74, 6) is -1.46. The molecule has 0 bridgehead atoms. The Morgan fingerprint density at radius 2 is 2.11 bits per heavy atom. The van der Waals surface area contributed by atoms with Crippen molar-refractivity contribution in [3.05, 3.63) is 47.3 Å². The van der Waals surface area contributed by atoms with Gasteiger partial charge in [-0.25, -0.2) is 4.79 Å². The number of rotatable bonds is 3. The topological polar surface area (TPSA) is 92.4 Å². The summed E-state index contributed by atoms with van der Waals surface area (Å²) in [7, 11) is 0. The van der Waals surface area contributed by atoms with E-state index in [2.05, 4.69) is 10.5 Å². The van der Waals surface area contributed by atoms with Crippen LogP contribution in [0.2, 0.25) is 0 Å². The Kier molecular flexibility index (Phi) is 3.09. The average molecular weight is 246 g/mol. The van der Waals surface area contributed by atoms with Crippen LogP contribution in [0.3, 0.4) is 0 Å². The van der Waals surface area contributed by atoms with E-state index in [9.17, 15) is 9.59 Å². The van der Waals surface area contributed by atoms with E-state index in [-0.39, 0.29) is 11.3 Å². The van der Waals surface area contributed by atoms with Gasteiger partial charge in [-0.05, 0) is 24.6 Å². The summed E-state index contributed by atoms with van der Waals surface area (Å²) >= 11 is 0. The Bertz CT molecular complexity index is 590. The van der Waals surface area contributed by atoms with Crippen molar-refractivity contribution >= 4 is 17.6 Å². The second-order valence-corrected chi connectivity index (χ2v) is 3.67. The third kappa shape index (κ3) is 2.37. The Labute approximate surface area is 102 Å². The highest BCUT2D eigenvalue weighted by Gasteiger charge is 2.12. The molecule has 0 spiro atoms. The monoisotopic (exact) mass is 246 g/mol. The van der Waals surface area contributed by atoms with Gasteiger partial charge < -0.3 is 14.9 Å². The second-order valence-electron chi connectivity index (χ2n) is 3.67. The molecule has 0 aliphatic heterocycles. The van der Waals surface area contributed by atoms with Crippen LogP contribution >= 0.6 is 0 Å². The minimum absolute atomic E-state index is 0.0649. The van der Waals surface area contributed by atoms with Crippen LogP contribution in [0.1, 0.15) is 26.5 Å². The van der Waals surface area contributed by atoms with Gasteiger partial charge in [0.1, 0.15) is 0 Å². The molecule has 0 fully saturated rings. The summed E-state index contributed by atoms with van der Waals surface area (Å²) in [6.07, 6.45) is 1.36. The third-order valence-corrected chi connectivity index (χ3v) is 2.39. The zero-order valence-corrected chi connectivity index (χ0v) is 9.51. The molecule has 0 saturated heterocycles. The van der Waals surface area contributed by atoms with Crippen LogP contribution in [0.4, 0.5) is 5.69 Å². The van der Waals surface area contributed by atoms with Gasteiger partial charge in [0, 0.05) is 11.8 Å². The van der Waals surface area contributed by atoms with Crippen molar-refractivity contribution in [2.24, 2.45) is 0 Å². The Hall–Kier alpha value is -2.63. The minimum atomic E-state index is -1.05. The third-order valence-electron chi connectivity index (χ3n) is 2.39. The smallest absolute Gasteiger partial charge is 0.335 e. The van der Waals surface area contributed by atoms with Crippen LogP contribution in [-0.2, 0) is 0 Å². The lowest BCUT2D eigenvalue weighted by molar-refractivity contribution is 0.0696. The average Bonchev–Trinajstić information content (AvgIpc) is 2.85. The molecule has 2 aromatic rings. The molecule has 6 heteroatoms. The lowest BCUT2D eigenvalue weighted by Gasteiger charge is -2.07. The molecular formula is C12H10N2O4. The molecule has 18 heavy (non-hydrogen) atoms. The summed E-state index contributed by atoms with van der Waals surface area (Å²) in [6.45, 7) is 1.77. The maximum atomic E-state index is 11.7. The van der Waals surface area contributed by atoms with E-state index in [4.69, 9.17) is 9.63 Å². The van der Waals surface area contributed by atoms with Crippen molar-refractivity contribution in [3.8, 4) is 0 Å². The van der Waals surface area contributed by atoms with E-state index in [0.717, 1.165) is 5.56 Å². The van der Waals surface area contributed by atoms with Gasteiger partial charge in [-0.3, -0.25) is 4.79 Å². The quantitative estimate of drug-likeness (QED) is 0.863. The zero-order chi connectivity index (χ0) is 13.1. The Balaban J connectivity index is 2.26. The van der Waals surface area contributed by atoms with Crippen LogP contribution < -0.4 is 5.32 Å². The van der Waals surface area contributed by atoms with Crippen LogP contribution in [0.25, 0.3) is 0 Å². The van der Waals surface area contributed by atoms with Gasteiger partial charge in [0.15, 0.2) is 0 Å². The number of aryl methyl sites for hydroxylation is 1. The zero-order valence-electron chi connectivity index (χ0n) is 9.51. The minimum Gasteiger partial charge on any atom is -0.478 e. The lowest BCUT2D eigenvalue weighted by atomic mass is 10.1. The van der Waals surface area contributed by atoms with Gasteiger partial charge in [-0.2, -0.15) is 0 Å². The normalized spacial score (nSPS) is 10.1.